The minimum absolute atomic E-state index is 0.490. The lowest BCUT2D eigenvalue weighted by atomic mass is 10.1. The highest BCUT2D eigenvalue weighted by Crippen LogP contribution is 2.34. The van der Waals surface area contributed by atoms with E-state index in [9.17, 15) is 0 Å². The summed E-state index contributed by atoms with van der Waals surface area (Å²) in [4.78, 5) is 2.57. The molecule has 0 N–H and O–H groups in total. The zero-order valence-electron chi connectivity index (χ0n) is 8.05. The first-order chi connectivity index (χ1) is 5.05. The molecule has 1 unspecified atom stereocenters. The summed E-state index contributed by atoms with van der Waals surface area (Å²) in [5.74, 6) is 1.22. The first kappa shape index (κ1) is 9.40. The van der Waals surface area contributed by atoms with Crippen LogP contribution in [0.25, 0.3) is 0 Å². The molecule has 1 aliphatic rings. The van der Waals surface area contributed by atoms with E-state index in [0.29, 0.717) is 4.75 Å². The van der Waals surface area contributed by atoms with Crippen LogP contribution in [-0.2, 0) is 0 Å². The molecular formula is C9H19NS. The lowest BCUT2D eigenvalue weighted by Crippen LogP contribution is -2.33. The van der Waals surface area contributed by atoms with E-state index in [-0.39, 0.29) is 0 Å². The van der Waals surface area contributed by atoms with E-state index in [0.717, 1.165) is 6.04 Å². The molecule has 1 rings (SSSR count). The van der Waals surface area contributed by atoms with Gasteiger partial charge in [0.1, 0.15) is 0 Å². The summed E-state index contributed by atoms with van der Waals surface area (Å²) in [5, 5.41) is 0. The van der Waals surface area contributed by atoms with Gasteiger partial charge < -0.3 is 0 Å². The van der Waals surface area contributed by atoms with Crippen LogP contribution >= 0.6 is 11.8 Å². The van der Waals surface area contributed by atoms with Crippen molar-refractivity contribution in [3.63, 3.8) is 0 Å². The molecule has 11 heavy (non-hydrogen) atoms. The Morgan fingerprint density at radius 3 is 2.55 bits per heavy atom. The van der Waals surface area contributed by atoms with Crippen molar-refractivity contribution >= 4 is 11.8 Å². The molecular weight excluding hydrogens is 154 g/mol. The van der Waals surface area contributed by atoms with Gasteiger partial charge in [-0.2, -0.15) is 0 Å². The van der Waals surface area contributed by atoms with Crippen LogP contribution in [-0.4, -0.2) is 28.1 Å². The second-order valence-electron chi connectivity index (χ2n) is 4.04. The van der Waals surface area contributed by atoms with Crippen molar-refractivity contribution in [1.29, 1.82) is 0 Å². The van der Waals surface area contributed by atoms with E-state index in [1.165, 1.54) is 18.8 Å². The SMILES string of the molecule is CCC(C)N1CSC(C)(C)C1. The number of nitrogens with zero attached hydrogens (tertiary/aromatic N) is 1. The van der Waals surface area contributed by atoms with Crippen LogP contribution in [0.4, 0.5) is 0 Å². The molecule has 1 fully saturated rings. The van der Waals surface area contributed by atoms with Crippen molar-refractivity contribution < 1.29 is 0 Å². The number of rotatable bonds is 2. The van der Waals surface area contributed by atoms with Crippen molar-refractivity contribution in [2.24, 2.45) is 0 Å². The van der Waals surface area contributed by atoms with E-state index in [2.05, 4.69) is 44.4 Å². The molecule has 1 heterocycles. The molecule has 0 bridgehead atoms. The van der Waals surface area contributed by atoms with E-state index in [4.69, 9.17) is 0 Å². The Balaban J connectivity index is 2.41. The quantitative estimate of drug-likeness (QED) is 0.631. The molecule has 0 aliphatic carbocycles. The second-order valence-corrected chi connectivity index (χ2v) is 5.69. The molecule has 0 aromatic heterocycles. The molecule has 0 spiro atoms. The van der Waals surface area contributed by atoms with Crippen LogP contribution in [0, 0.1) is 0 Å². The Bertz CT molecular complexity index is 134. The molecule has 0 amide bonds. The Hall–Kier alpha value is 0.310. The van der Waals surface area contributed by atoms with Crippen LogP contribution in [0.3, 0.4) is 0 Å². The van der Waals surface area contributed by atoms with Gasteiger partial charge in [0.25, 0.3) is 0 Å². The summed E-state index contributed by atoms with van der Waals surface area (Å²) in [7, 11) is 0. The smallest absolute Gasteiger partial charge is 0.0453 e. The topological polar surface area (TPSA) is 3.24 Å². The van der Waals surface area contributed by atoms with Gasteiger partial charge in [-0.15, -0.1) is 11.8 Å². The zero-order chi connectivity index (χ0) is 8.48. The van der Waals surface area contributed by atoms with Crippen LogP contribution in [0.15, 0.2) is 0 Å². The third kappa shape index (κ3) is 2.38. The summed E-state index contributed by atoms with van der Waals surface area (Å²) in [6.45, 7) is 10.5. The Morgan fingerprint density at radius 1 is 1.55 bits per heavy atom. The predicted molar refractivity (Wildman–Crippen MR) is 53.0 cm³/mol. The van der Waals surface area contributed by atoms with E-state index >= 15 is 0 Å². The Kier molecular flexibility index (Phi) is 2.87. The minimum atomic E-state index is 0.490. The normalized spacial score (nSPS) is 27.3. The van der Waals surface area contributed by atoms with E-state index in [1.807, 2.05) is 0 Å². The standard InChI is InChI=1S/C9H19NS/c1-5-8(2)10-6-9(3,4)11-7-10/h8H,5-7H2,1-4H3. The summed E-state index contributed by atoms with van der Waals surface area (Å²) >= 11 is 2.08. The van der Waals surface area contributed by atoms with E-state index < -0.39 is 0 Å². The predicted octanol–water partition coefficient (Wildman–Crippen LogP) is 2.57. The fraction of sp³-hybridized carbons (Fsp3) is 1.00. The highest BCUT2D eigenvalue weighted by Gasteiger charge is 2.31. The number of thioether (sulfide) groups is 1. The first-order valence-electron chi connectivity index (χ1n) is 4.43. The molecule has 1 nitrogen and oxygen atoms in total. The minimum Gasteiger partial charge on any atom is -0.290 e. The summed E-state index contributed by atoms with van der Waals surface area (Å²) in [6.07, 6.45) is 1.27. The molecule has 2 heteroatoms. The molecule has 0 radical (unpaired) electrons. The average Bonchev–Trinajstić information content (AvgIpc) is 2.29. The molecule has 1 atom stereocenters. The van der Waals surface area contributed by atoms with Crippen molar-refractivity contribution in [3.05, 3.63) is 0 Å². The molecule has 0 aromatic rings. The van der Waals surface area contributed by atoms with Crippen molar-refractivity contribution in [3.8, 4) is 0 Å². The fourth-order valence-corrected chi connectivity index (χ4v) is 2.50. The molecule has 1 saturated heterocycles. The van der Waals surface area contributed by atoms with Crippen LogP contribution in [0.2, 0.25) is 0 Å². The lowest BCUT2D eigenvalue weighted by Gasteiger charge is -2.23. The summed E-state index contributed by atoms with van der Waals surface area (Å²) < 4.78 is 0.490. The van der Waals surface area contributed by atoms with Crippen LogP contribution < -0.4 is 0 Å². The van der Waals surface area contributed by atoms with Crippen LogP contribution in [0.5, 0.6) is 0 Å². The van der Waals surface area contributed by atoms with Gasteiger partial charge in [0.2, 0.25) is 0 Å². The first-order valence-corrected chi connectivity index (χ1v) is 5.42. The van der Waals surface area contributed by atoms with Gasteiger partial charge in [0.05, 0.1) is 0 Å². The second kappa shape index (κ2) is 3.36. The summed E-state index contributed by atoms with van der Waals surface area (Å²) in [5.41, 5.74) is 0. The molecule has 0 aromatic carbocycles. The maximum atomic E-state index is 2.57. The van der Waals surface area contributed by atoms with E-state index in [1.54, 1.807) is 0 Å². The van der Waals surface area contributed by atoms with Crippen molar-refractivity contribution in [2.45, 2.75) is 44.9 Å². The number of hydrogen-bond donors (Lipinski definition) is 0. The highest BCUT2D eigenvalue weighted by atomic mass is 32.2. The Morgan fingerprint density at radius 2 is 2.18 bits per heavy atom. The Labute approximate surface area is 74.5 Å². The van der Waals surface area contributed by atoms with Gasteiger partial charge in [-0.1, -0.05) is 6.92 Å². The number of hydrogen-bond acceptors (Lipinski definition) is 2. The largest absolute Gasteiger partial charge is 0.290 e. The summed E-state index contributed by atoms with van der Waals surface area (Å²) in [6, 6.07) is 0.768. The monoisotopic (exact) mass is 173 g/mol. The maximum Gasteiger partial charge on any atom is 0.0453 e. The van der Waals surface area contributed by atoms with Gasteiger partial charge in [0.15, 0.2) is 0 Å². The molecule has 1 aliphatic heterocycles. The van der Waals surface area contributed by atoms with Gasteiger partial charge >= 0.3 is 0 Å². The zero-order valence-corrected chi connectivity index (χ0v) is 8.87. The fourth-order valence-electron chi connectivity index (χ4n) is 1.38. The highest BCUT2D eigenvalue weighted by molar-refractivity contribution is 8.00. The van der Waals surface area contributed by atoms with Gasteiger partial charge in [0, 0.05) is 23.2 Å². The van der Waals surface area contributed by atoms with Gasteiger partial charge in [-0.25, -0.2) is 0 Å². The average molecular weight is 173 g/mol. The lowest BCUT2D eigenvalue weighted by molar-refractivity contribution is 0.243. The van der Waals surface area contributed by atoms with Crippen molar-refractivity contribution in [2.75, 3.05) is 12.4 Å². The van der Waals surface area contributed by atoms with Crippen LogP contribution in [0.1, 0.15) is 34.1 Å². The maximum absolute atomic E-state index is 2.57. The molecule has 0 saturated carbocycles. The van der Waals surface area contributed by atoms with Crippen molar-refractivity contribution in [1.82, 2.24) is 4.90 Å². The van der Waals surface area contributed by atoms with Gasteiger partial charge in [-0.3, -0.25) is 4.90 Å². The molecule has 66 valence electrons. The van der Waals surface area contributed by atoms with Gasteiger partial charge in [-0.05, 0) is 27.2 Å². The third-order valence-corrected chi connectivity index (χ3v) is 3.79. The third-order valence-electron chi connectivity index (χ3n) is 2.42.